The van der Waals surface area contributed by atoms with Gasteiger partial charge in [0, 0.05) is 5.92 Å². The normalized spacial score (nSPS) is 37.6. The van der Waals surface area contributed by atoms with Gasteiger partial charge in [0.25, 0.3) is 0 Å². The third-order valence-corrected chi connectivity index (χ3v) is 5.28. The van der Waals surface area contributed by atoms with Crippen molar-refractivity contribution in [2.24, 2.45) is 17.3 Å². The zero-order valence-corrected chi connectivity index (χ0v) is 12.5. The van der Waals surface area contributed by atoms with Gasteiger partial charge in [0.05, 0.1) is 6.07 Å². The van der Waals surface area contributed by atoms with Crippen LogP contribution >= 0.6 is 0 Å². The first-order chi connectivity index (χ1) is 8.88. The minimum atomic E-state index is -0.595. The molecule has 2 aliphatic carbocycles. The summed E-state index contributed by atoms with van der Waals surface area (Å²) in [4.78, 5) is 12.5. The van der Waals surface area contributed by atoms with E-state index in [2.05, 4.69) is 32.2 Å². The van der Waals surface area contributed by atoms with Gasteiger partial charge in [-0.25, -0.2) is 0 Å². The van der Waals surface area contributed by atoms with Crippen LogP contribution in [0.4, 0.5) is 0 Å². The molecule has 3 nitrogen and oxygen atoms in total. The molecule has 1 amide bonds. The quantitative estimate of drug-likeness (QED) is 0.829. The van der Waals surface area contributed by atoms with Gasteiger partial charge in [0.15, 0.2) is 0 Å². The molecule has 19 heavy (non-hydrogen) atoms. The van der Waals surface area contributed by atoms with Gasteiger partial charge in [-0.3, -0.25) is 4.79 Å². The highest BCUT2D eigenvalue weighted by Gasteiger charge is 2.43. The Balaban J connectivity index is 2.03. The molecule has 3 heteroatoms. The van der Waals surface area contributed by atoms with E-state index in [0.29, 0.717) is 5.92 Å². The summed E-state index contributed by atoms with van der Waals surface area (Å²) < 4.78 is 0. The monoisotopic (exact) mass is 262 g/mol. The lowest BCUT2D eigenvalue weighted by Crippen LogP contribution is -2.52. The number of nitrogens with zero attached hydrogens (tertiary/aromatic N) is 1. The van der Waals surface area contributed by atoms with Crippen molar-refractivity contribution in [1.29, 1.82) is 5.26 Å². The lowest BCUT2D eigenvalue weighted by molar-refractivity contribution is -0.129. The number of hydrogen-bond acceptors (Lipinski definition) is 2. The van der Waals surface area contributed by atoms with Crippen LogP contribution in [0.15, 0.2) is 0 Å². The van der Waals surface area contributed by atoms with Gasteiger partial charge >= 0.3 is 0 Å². The fourth-order valence-corrected chi connectivity index (χ4v) is 3.66. The fourth-order valence-electron chi connectivity index (χ4n) is 3.66. The van der Waals surface area contributed by atoms with Crippen LogP contribution < -0.4 is 5.32 Å². The predicted octanol–water partition coefficient (Wildman–Crippen LogP) is 3.40. The second-order valence-electron chi connectivity index (χ2n) is 7.30. The SMILES string of the molecule is CC1CCC(C#N)(NC(=O)C2CCCC2(C)C)CC1. The molecular weight excluding hydrogens is 236 g/mol. The van der Waals surface area contributed by atoms with Gasteiger partial charge in [-0.1, -0.05) is 27.2 Å². The third-order valence-electron chi connectivity index (χ3n) is 5.28. The second kappa shape index (κ2) is 5.15. The van der Waals surface area contributed by atoms with E-state index in [4.69, 9.17) is 0 Å². The summed E-state index contributed by atoms with van der Waals surface area (Å²) in [5.74, 6) is 0.872. The second-order valence-corrected chi connectivity index (χ2v) is 7.30. The highest BCUT2D eigenvalue weighted by molar-refractivity contribution is 5.81. The molecule has 1 N–H and O–H groups in total. The zero-order valence-electron chi connectivity index (χ0n) is 12.5. The Kier molecular flexibility index (Phi) is 3.90. The summed E-state index contributed by atoms with van der Waals surface area (Å²) in [7, 11) is 0. The minimum absolute atomic E-state index is 0.0806. The van der Waals surface area contributed by atoms with E-state index < -0.39 is 5.54 Å². The molecular formula is C16H26N2O. The first kappa shape index (κ1) is 14.4. The van der Waals surface area contributed by atoms with E-state index in [1.807, 2.05) is 0 Å². The Morgan fingerprint density at radius 3 is 2.32 bits per heavy atom. The topological polar surface area (TPSA) is 52.9 Å². The van der Waals surface area contributed by atoms with E-state index in [-0.39, 0.29) is 17.2 Å². The number of carbonyl (C=O) groups is 1. The number of hydrogen-bond donors (Lipinski definition) is 1. The Morgan fingerprint density at radius 2 is 1.84 bits per heavy atom. The largest absolute Gasteiger partial charge is 0.338 e. The molecule has 0 aliphatic heterocycles. The summed E-state index contributed by atoms with van der Waals surface area (Å²) in [6.45, 7) is 6.57. The molecule has 1 unspecified atom stereocenters. The molecule has 0 aromatic heterocycles. The Bertz CT molecular complexity index is 386. The van der Waals surface area contributed by atoms with Crippen LogP contribution in [0.25, 0.3) is 0 Å². The fraction of sp³-hybridized carbons (Fsp3) is 0.875. The van der Waals surface area contributed by atoms with Crippen molar-refractivity contribution in [3.63, 3.8) is 0 Å². The highest BCUT2D eigenvalue weighted by Crippen LogP contribution is 2.43. The standard InChI is InChI=1S/C16H26N2O/c1-12-6-9-16(11-17,10-7-12)18-14(19)13-5-4-8-15(13,2)3/h12-13H,4-10H2,1-3H3,(H,18,19). The Hall–Kier alpha value is -1.04. The van der Waals surface area contributed by atoms with Gasteiger partial charge in [-0.2, -0.15) is 5.26 Å². The predicted molar refractivity (Wildman–Crippen MR) is 75.2 cm³/mol. The van der Waals surface area contributed by atoms with E-state index in [1.165, 1.54) is 0 Å². The van der Waals surface area contributed by atoms with Crippen LogP contribution in [0.1, 0.15) is 65.7 Å². The maximum absolute atomic E-state index is 12.5. The average Bonchev–Trinajstić information content (AvgIpc) is 2.72. The van der Waals surface area contributed by atoms with E-state index in [0.717, 1.165) is 44.9 Å². The maximum atomic E-state index is 12.5. The van der Waals surface area contributed by atoms with Crippen LogP contribution in [-0.2, 0) is 4.79 Å². The Morgan fingerprint density at radius 1 is 1.21 bits per heavy atom. The van der Waals surface area contributed by atoms with Crippen LogP contribution in [0.5, 0.6) is 0 Å². The van der Waals surface area contributed by atoms with Crippen molar-refractivity contribution >= 4 is 5.91 Å². The van der Waals surface area contributed by atoms with Crippen LogP contribution in [0.2, 0.25) is 0 Å². The maximum Gasteiger partial charge on any atom is 0.224 e. The van der Waals surface area contributed by atoms with Gasteiger partial charge in [-0.15, -0.1) is 0 Å². The molecule has 2 fully saturated rings. The first-order valence-electron chi connectivity index (χ1n) is 7.62. The smallest absolute Gasteiger partial charge is 0.224 e. The number of nitrogens with one attached hydrogen (secondary N) is 1. The molecule has 0 aromatic carbocycles. The van der Waals surface area contributed by atoms with Gasteiger partial charge < -0.3 is 5.32 Å². The van der Waals surface area contributed by atoms with E-state index in [9.17, 15) is 10.1 Å². The van der Waals surface area contributed by atoms with Crippen molar-refractivity contribution in [2.45, 2.75) is 71.3 Å². The lowest BCUT2D eigenvalue weighted by Gasteiger charge is -2.36. The summed E-state index contributed by atoms with van der Waals surface area (Å²) in [5, 5.41) is 12.6. The molecule has 0 radical (unpaired) electrons. The van der Waals surface area contributed by atoms with Gasteiger partial charge in [0.2, 0.25) is 5.91 Å². The van der Waals surface area contributed by atoms with E-state index >= 15 is 0 Å². The van der Waals surface area contributed by atoms with Crippen molar-refractivity contribution in [3.8, 4) is 6.07 Å². The van der Waals surface area contributed by atoms with Gasteiger partial charge in [-0.05, 0) is 49.9 Å². The van der Waals surface area contributed by atoms with Crippen molar-refractivity contribution in [2.75, 3.05) is 0 Å². The molecule has 1 atom stereocenters. The summed E-state index contributed by atoms with van der Waals surface area (Å²) >= 11 is 0. The van der Waals surface area contributed by atoms with Crippen LogP contribution in [-0.4, -0.2) is 11.4 Å². The molecule has 0 heterocycles. The minimum Gasteiger partial charge on any atom is -0.338 e. The summed E-state index contributed by atoms with van der Waals surface area (Å²) in [5.41, 5.74) is -0.509. The molecule has 2 rings (SSSR count). The van der Waals surface area contributed by atoms with Crippen LogP contribution in [0, 0.1) is 28.6 Å². The summed E-state index contributed by atoms with van der Waals surface area (Å²) in [6, 6.07) is 2.39. The molecule has 106 valence electrons. The average molecular weight is 262 g/mol. The summed E-state index contributed by atoms with van der Waals surface area (Å²) in [6.07, 6.45) is 6.91. The zero-order chi connectivity index (χ0) is 14.1. The van der Waals surface area contributed by atoms with E-state index in [1.54, 1.807) is 0 Å². The third kappa shape index (κ3) is 2.94. The molecule has 0 spiro atoms. The van der Waals surface area contributed by atoms with Gasteiger partial charge in [0.1, 0.15) is 5.54 Å². The number of rotatable bonds is 2. The molecule has 2 saturated carbocycles. The van der Waals surface area contributed by atoms with Crippen molar-refractivity contribution < 1.29 is 4.79 Å². The number of amides is 1. The Labute approximate surface area is 116 Å². The number of nitriles is 1. The molecule has 2 aliphatic rings. The molecule has 0 saturated heterocycles. The first-order valence-corrected chi connectivity index (χ1v) is 7.62. The van der Waals surface area contributed by atoms with Crippen molar-refractivity contribution in [1.82, 2.24) is 5.32 Å². The lowest BCUT2D eigenvalue weighted by atomic mass is 9.76. The van der Waals surface area contributed by atoms with Crippen molar-refractivity contribution in [3.05, 3.63) is 0 Å². The molecule has 0 aromatic rings. The highest BCUT2D eigenvalue weighted by atomic mass is 16.2. The molecule has 0 bridgehead atoms. The van der Waals surface area contributed by atoms with Crippen LogP contribution in [0.3, 0.4) is 0 Å². The number of carbonyl (C=O) groups excluding carboxylic acids is 1.